The van der Waals surface area contributed by atoms with Crippen molar-refractivity contribution in [1.29, 1.82) is 0 Å². The summed E-state index contributed by atoms with van der Waals surface area (Å²) in [5.41, 5.74) is 0. The highest BCUT2D eigenvalue weighted by Gasteiger charge is 2.18. The molecule has 0 saturated carbocycles. The zero-order valence-electron chi connectivity index (χ0n) is 7.65. The molecule has 1 aromatic carbocycles. The lowest BCUT2D eigenvalue weighted by Gasteiger charge is -2.06. The van der Waals surface area contributed by atoms with E-state index in [1.165, 1.54) is 0 Å². The van der Waals surface area contributed by atoms with Crippen LogP contribution in [0.2, 0.25) is 25.1 Å². The molecule has 8 heteroatoms. The van der Waals surface area contributed by atoms with Crippen LogP contribution in [0.5, 0.6) is 5.75 Å². The Morgan fingerprint density at radius 1 is 0.625 bits per heavy atom. The van der Waals surface area contributed by atoms with E-state index in [1.807, 2.05) is 0 Å². The van der Waals surface area contributed by atoms with Crippen molar-refractivity contribution in [1.82, 2.24) is 0 Å². The van der Waals surface area contributed by atoms with Gasteiger partial charge in [0.05, 0.1) is 28.3 Å². The van der Waals surface area contributed by atoms with E-state index in [9.17, 15) is 5.11 Å². The number of halogens is 5. The van der Waals surface area contributed by atoms with Gasteiger partial charge in [-0.2, -0.15) is 0 Å². The van der Waals surface area contributed by atoms with Crippen LogP contribution in [0, 0.1) is 0 Å². The maximum absolute atomic E-state index is 9.20. The first-order chi connectivity index (χ1) is 7.38. The highest BCUT2D eigenvalue weighted by atomic mass is 35.5. The van der Waals surface area contributed by atoms with Gasteiger partial charge in [0.1, 0.15) is 10.0 Å². The number of hydrogen-bond acceptors (Lipinski definition) is 3. The number of benzene rings is 1. The zero-order valence-corrected chi connectivity index (χ0v) is 11.4. The minimum atomic E-state index is -0.363. The van der Waals surface area contributed by atoms with E-state index in [2.05, 4.69) is 0 Å². The largest absolute Gasteiger partial charge is 0.505 e. The van der Waals surface area contributed by atoms with E-state index >= 15 is 0 Å². The van der Waals surface area contributed by atoms with Gasteiger partial charge in [0, 0.05) is 0 Å². The van der Waals surface area contributed by atoms with Crippen LogP contribution >= 0.6 is 58.0 Å². The molecule has 0 aliphatic heterocycles. The van der Waals surface area contributed by atoms with Gasteiger partial charge < -0.3 is 15.3 Å². The molecule has 0 bridgehead atoms. The summed E-state index contributed by atoms with van der Waals surface area (Å²) < 4.78 is 0. The van der Waals surface area contributed by atoms with Crippen molar-refractivity contribution in [3.63, 3.8) is 0 Å². The molecule has 0 radical (unpaired) electrons. The Bertz CT molecular complexity index is 262. The zero-order chi connectivity index (χ0) is 12.9. The third kappa shape index (κ3) is 4.00. The lowest BCUT2D eigenvalue weighted by molar-refractivity contribution is 0.186. The number of phenols is 1. The van der Waals surface area contributed by atoms with Gasteiger partial charge in [-0.05, 0) is 0 Å². The fourth-order valence-electron chi connectivity index (χ4n) is 0.593. The summed E-state index contributed by atoms with van der Waals surface area (Å²) in [6.07, 6.45) is 0. The first-order valence-corrected chi connectivity index (χ1v) is 5.69. The van der Waals surface area contributed by atoms with Gasteiger partial charge in [-0.25, -0.2) is 0 Å². The first kappa shape index (κ1) is 16.4. The van der Waals surface area contributed by atoms with Crippen LogP contribution in [0.15, 0.2) is 0 Å². The number of rotatable bonds is 1. The van der Waals surface area contributed by atoms with Gasteiger partial charge in [-0.3, -0.25) is 0 Å². The third-order valence-electron chi connectivity index (χ3n) is 1.29. The average molecular weight is 328 g/mol. The molecule has 0 aliphatic carbocycles. The summed E-state index contributed by atoms with van der Waals surface area (Å²) >= 11 is 27.9. The highest BCUT2D eigenvalue weighted by molar-refractivity contribution is 6.55. The predicted molar refractivity (Wildman–Crippen MR) is 67.3 cm³/mol. The second kappa shape index (κ2) is 7.67. The maximum Gasteiger partial charge on any atom is 0.155 e. The number of hydrogen-bond donors (Lipinski definition) is 3. The van der Waals surface area contributed by atoms with E-state index in [0.29, 0.717) is 0 Å². The Balaban J connectivity index is 0.000000487. The van der Waals surface area contributed by atoms with Crippen molar-refractivity contribution < 1.29 is 15.3 Å². The van der Waals surface area contributed by atoms with E-state index in [0.717, 1.165) is 0 Å². The van der Waals surface area contributed by atoms with Gasteiger partial charge in [-0.15, -0.1) is 0 Å². The van der Waals surface area contributed by atoms with Crippen LogP contribution in [0.1, 0.15) is 0 Å². The molecule has 0 aliphatic rings. The summed E-state index contributed by atoms with van der Waals surface area (Å²) in [5.74, 6) is -0.363. The van der Waals surface area contributed by atoms with Gasteiger partial charge in [-0.1, -0.05) is 58.0 Å². The first-order valence-electron chi connectivity index (χ1n) is 3.80. The molecule has 0 atom stereocenters. The molecule has 3 N–H and O–H groups in total. The number of phenolic OH excluding ortho intramolecular Hbond substituents is 1. The van der Waals surface area contributed by atoms with Crippen molar-refractivity contribution in [2.75, 3.05) is 13.2 Å². The van der Waals surface area contributed by atoms with Crippen LogP contribution in [-0.4, -0.2) is 28.5 Å². The number of aliphatic hydroxyl groups excluding tert-OH is 2. The molecule has 0 saturated heterocycles. The monoisotopic (exact) mass is 326 g/mol. The van der Waals surface area contributed by atoms with Crippen molar-refractivity contribution in [3.8, 4) is 5.75 Å². The van der Waals surface area contributed by atoms with Crippen LogP contribution in [0.3, 0.4) is 0 Å². The van der Waals surface area contributed by atoms with E-state index in [4.69, 9.17) is 68.2 Å². The van der Waals surface area contributed by atoms with E-state index < -0.39 is 0 Å². The molecule has 16 heavy (non-hydrogen) atoms. The van der Waals surface area contributed by atoms with Crippen molar-refractivity contribution >= 4 is 58.0 Å². The summed E-state index contributed by atoms with van der Waals surface area (Å²) in [7, 11) is 0. The second-order valence-electron chi connectivity index (χ2n) is 2.37. The van der Waals surface area contributed by atoms with Crippen LogP contribution < -0.4 is 0 Å². The molecule has 0 heterocycles. The average Bonchev–Trinajstić information content (AvgIpc) is 2.31. The Morgan fingerprint density at radius 3 is 1.12 bits per heavy atom. The van der Waals surface area contributed by atoms with Crippen molar-refractivity contribution in [3.05, 3.63) is 25.1 Å². The topological polar surface area (TPSA) is 60.7 Å². The SMILES string of the molecule is OCCO.Oc1c(Cl)c(Cl)c(Cl)c(Cl)c1Cl. The number of aromatic hydroxyl groups is 1. The van der Waals surface area contributed by atoms with Crippen LogP contribution in [0.25, 0.3) is 0 Å². The van der Waals surface area contributed by atoms with Gasteiger partial charge >= 0.3 is 0 Å². The molecule has 1 aromatic rings. The third-order valence-corrected chi connectivity index (χ3v) is 3.54. The molecule has 0 amide bonds. The molecule has 3 nitrogen and oxygen atoms in total. The molecular formula is C8H7Cl5O3. The summed E-state index contributed by atoms with van der Waals surface area (Å²) in [6, 6.07) is 0. The lowest BCUT2D eigenvalue weighted by Crippen LogP contribution is -1.85. The summed E-state index contributed by atoms with van der Waals surface area (Å²) in [6.45, 7) is -0.250. The molecular weight excluding hydrogens is 321 g/mol. The Hall–Kier alpha value is 0.390. The Kier molecular flexibility index (Phi) is 7.85. The van der Waals surface area contributed by atoms with Gasteiger partial charge in [0.15, 0.2) is 5.75 Å². The Morgan fingerprint density at radius 2 is 0.875 bits per heavy atom. The quantitative estimate of drug-likeness (QED) is 0.545. The fourth-order valence-corrected chi connectivity index (χ4v) is 1.72. The molecule has 0 fully saturated rings. The van der Waals surface area contributed by atoms with E-state index in [1.54, 1.807) is 0 Å². The van der Waals surface area contributed by atoms with Crippen molar-refractivity contribution in [2.24, 2.45) is 0 Å². The van der Waals surface area contributed by atoms with E-state index in [-0.39, 0.29) is 44.1 Å². The molecule has 0 unspecified atom stereocenters. The summed E-state index contributed by atoms with van der Waals surface area (Å²) in [5, 5.41) is 24.3. The highest BCUT2D eigenvalue weighted by Crippen LogP contribution is 2.47. The lowest BCUT2D eigenvalue weighted by atomic mass is 10.3. The fraction of sp³-hybridized carbons (Fsp3) is 0.250. The number of aliphatic hydroxyl groups is 2. The smallest absolute Gasteiger partial charge is 0.155 e. The minimum absolute atomic E-state index is 0.00904. The second-order valence-corrected chi connectivity index (χ2v) is 4.26. The molecule has 92 valence electrons. The van der Waals surface area contributed by atoms with Crippen LogP contribution in [-0.2, 0) is 0 Å². The standard InChI is InChI=1S/C6HCl5O.C2H6O2/c7-1-2(8)4(10)6(12)5(11)3(1)9;3-1-2-4/h12H;3-4H,1-2H2. The normalized spacial score (nSPS) is 9.69. The minimum Gasteiger partial charge on any atom is -0.505 e. The van der Waals surface area contributed by atoms with Gasteiger partial charge in [0.25, 0.3) is 0 Å². The van der Waals surface area contributed by atoms with Crippen molar-refractivity contribution in [2.45, 2.75) is 0 Å². The summed E-state index contributed by atoms with van der Waals surface area (Å²) in [4.78, 5) is 0. The molecule has 0 aromatic heterocycles. The predicted octanol–water partition coefficient (Wildman–Crippen LogP) is 3.63. The van der Waals surface area contributed by atoms with Gasteiger partial charge in [0.2, 0.25) is 0 Å². The van der Waals surface area contributed by atoms with Crippen LogP contribution in [0.4, 0.5) is 0 Å². The molecule has 0 spiro atoms. The Labute approximate surface area is 117 Å². The maximum atomic E-state index is 9.20. The molecule has 1 rings (SSSR count).